The molecule has 2 amide bonds. The SMILES string of the molecule is O=C(O)CCCNC(=O)CNC(=O)OCc1ccccc1. The van der Waals surface area contributed by atoms with Gasteiger partial charge in [0.05, 0.1) is 6.54 Å². The predicted molar refractivity (Wildman–Crippen MR) is 74.5 cm³/mol. The van der Waals surface area contributed by atoms with E-state index in [1.807, 2.05) is 30.3 Å². The summed E-state index contributed by atoms with van der Waals surface area (Å²) >= 11 is 0. The third-order valence-electron chi connectivity index (χ3n) is 2.50. The van der Waals surface area contributed by atoms with Crippen molar-refractivity contribution in [3.63, 3.8) is 0 Å². The first kappa shape index (κ1) is 16.5. The third kappa shape index (κ3) is 8.25. The van der Waals surface area contributed by atoms with Crippen molar-refractivity contribution >= 4 is 18.0 Å². The molecule has 1 aromatic carbocycles. The quantitative estimate of drug-likeness (QED) is 0.618. The van der Waals surface area contributed by atoms with Gasteiger partial charge in [0, 0.05) is 13.0 Å². The maximum atomic E-state index is 11.3. The van der Waals surface area contributed by atoms with E-state index in [1.165, 1.54) is 0 Å². The zero-order chi connectivity index (χ0) is 15.5. The van der Waals surface area contributed by atoms with Crippen molar-refractivity contribution < 1.29 is 24.2 Å². The molecule has 0 radical (unpaired) electrons. The van der Waals surface area contributed by atoms with Crippen LogP contribution in [0.5, 0.6) is 0 Å². The summed E-state index contributed by atoms with van der Waals surface area (Å²) in [5.74, 6) is -1.30. The molecule has 0 aliphatic heterocycles. The van der Waals surface area contributed by atoms with Gasteiger partial charge in [-0.25, -0.2) is 4.79 Å². The summed E-state index contributed by atoms with van der Waals surface area (Å²) in [6.45, 7) is 0.180. The Bertz CT molecular complexity index is 476. The normalized spacial score (nSPS) is 9.71. The fourth-order valence-electron chi connectivity index (χ4n) is 1.46. The molecular formula is C14H18N2O5. The first-order valence-electron chi connectivity index (χ1n) is 6.51. The lowest BCUT2D eigenvalue weighted by molar-refractivity contribution is -0.137. The van der Waals surface area contributed by atoms with Gasteiger partial charge in [-0.3, -0.25) is 9.59 Å². The van der Waals surface area contributed by atoms with E-state index in [0.29, 0.717) is 6.42 Å². The standard InChI is InChI=1S/C14H18N2O5/c17-12(15-8-4-7-13(18)19)9-16-14(20)21-10-11-5-2-1-3-6-11/h1-3,5-6H,4,7-10H2,(H,15,17)(H,16,20)(H,18,19). The molecule has 0 aliphatic rings. The van der Waals surface area contributed by atoms with E-state index in [-0.39, 0.29) is 26.1 Å². The van der Waals surface area contributed by atoms with Crippen molar-refractivity contribution in [2.75, 3.05) is 13.1 Å². The lowest BCUT2D eigenvalue weighted by Gasteiger charge is -2.07. The number of amides is 2. The van der Waals surface area contributed by atoms with Gasteiger partial charge < -0.3 is 20.5 Å². The number of carboxylic acid groups (broad SMARTS) is 1. The van der Waals surface area contributed by atoms with E-state index in [1.54, 1.807) is 0 Å². The Morgan fingerprint density at radius 2 is 1.81 bits per heavy atom. The summed E-state index contributed by atoms with van der Waals surface area (Å²) < 4.78 is 4.93. The zero-order valence-electron chi connectivity index (χ0n) is 11.5. The lowest BCUT2D eigenvalue weighted by atomic mass is 10.2. The molecule has 0 saturated heterocycles. The molecule has 1 aromatic rings. The van der Waals surface area contributed by atoms with Gasteiger partial charge >= 0.3 is 12.1 Å². The van der Waals surface area contributed by atoms with Crippen molar-refractivity contribution in [1.82, 2.24) is 10.6 Å². The molecule has 0 atom stereocenters. The Labute approximate surface area is 122 Å². The second-order valence-corrected chi connectivity index (χ2v) is 4.26. The van der Waals surface area contributed by atoms with Crippen LogP contribution in [0.25, 0.3) is 0 Å². The molecule has 1 rings (SSSR count). The molecule has 0 spiro atoms. The maximum Gasteiger partial charge on any atom is 0.407 e. The molecule has 0 fully saturated rings. The van der Waals surface area contributed by atoms with Gasteiger partial charge in [0.2, 0.25) is 5.91 Å². The van der Waals surface area contributed by atoms with Gasteiger partial charge in [-0.2, -0.15) is 0 Å². The van der Waals surface area contributed by atoms with E-state index >= 15 is 0 Å². The van der Waals surface area contributed by atoms with Crippen molar-refractivity contribution in [2.24, 2.45) is 0 Å². The van der Waals surface area contributed by atoms with E-state index in [0.717, 1.165) is 5.56 Å². The number of benzene rings is 1. The van der Waals surface area contributed by atoms with Gasteiger partial charge in [-0.1, -0.05) is 30.3 Å². The van der Waals surface area contributed by atoms with Crippen LogP contribution in [0.3, 0.4) is 0 Å². The van der Waals surface area contributed by atoms with Crippen LogP contribution in [-0.4, -0.2) is 36.2 Å². The van der Waals surface area contributed by atoms with Crippen LogP contribution >= 0.6 is 0 Å². The largest absolute Gasteiger partial charge is 0.481 e. The van der Waals surface area contributed by atoms with Gasteiger partial charge in [-0.15, -0.1) is 0 Å². The van der Waals surface area contributed by atoms with Crippen LogP contribution in [-0.2, 0) is 20.9 Å². The number of carboxylic acids is 1. The van der Waals surface area contributed by atoms with Crippen LogP contribution < -0.4 is 10.6 Å². The van der Waals surface area contributed by atoms with E-state index in [2.05, 4.69) is 10.6 Å². The smallest absolute Gasteiger partial charge is 0.407 e. The summed E-state index contributed by atoms with van der Waals surface area (Å²) in [5, 5.41) is 13.2. The topological polar surface area (TPSA) is 105 Å². The van der Waals surface area contributed by atoms with Crippen molar-refractivity contribution in [1.29, 1.82) is 0 Å². The average Bonchev–Trinajstić information content (AvgIpc) is 2.48. The second-order valence-electron chi connectivity index (χ2n) is 4.26. The second kappa shape index (κ2) is 9.35. The summed E-state index contributed by atoms with van der Waals surface area (Å²) in [6.07, 6.45) is -0.341. The highest BCUT2D eigenvalue weighted by Gasteiger charge is 2.06. The van der Waals surface area contributed by atoms with E-state index in [9.17, 15) is 14.4 Å². The van der Waals surface area contributed by atoms with Crippen LogP contribution in [0.4, 0.5) is 4.79 Å². The summed E-state index contributed by atoms with van der Waals surface area (Å²) in [6, 6.07) is 9.17. The number of aliphatic carboxylic acids is 1. The number of ether oxygens (including phenoxy) is 1. The molecule has 0 saturated carbocycles. The van der Waals surface area contributed by atoms with Crippen LogP contribution in [0.15, 0.2) is 30.3 Å². The fourth-order valence-corrected chi connectivity index (χ4v) is 1.46. The highest BCUT2D eigenvalue weighted by Crippen LogP contribution is 2.00. The number of hydrogen-bond acceptors (Lipinski definition) is 4. The van der Waals surface area contributed by atoms with E-state index < -0.39 is 18.0 Å². The maximum absolute atomic E-state index is 11.3. The van der Waals surface area contributed by atoms with Gasteiger partial charge in [0.15, 0.2) is 0 Å². The Morgan fingerprint density at radius 3 is 2.48 bits per heavy atom. The van der Waals surface area contributed by atoms with Gasteiger partial charge in [-0.05, 0) is 12.0 Å². The van der Waals surface area contributed by atoms with Gasteiger partial charge in [0.25, 0.3) is 0 Å². The molecular weight excluding hydrogens is 276 g/mol. The molecule has 0 aromatic heterocycles. The highest BCUT2D eigenvalue weighted by molar-refractivity contribution is 5.82. The molecule has 0 aliphatic carbocycles. The first-order valence-corrected chi connectivity index (χ1v) is 6.51. The number of alkyl carbamates (subject to hydrolysis) is 1. The molecule has 7 heteroatoms. The van der Waals surface area contributed by atoms with Crippen molar-refractivity contribution in [3.8, 4) is 0 Å². The minimum absolute atomic E-state index is 0.00712. The Hall–Kier alpha value is -2.57. The number of hydrogen-bond donors (Lipinski definition) is 3. The summed E-state index contributed by atoms with van der Waals surface area (Å²) in [4.78, 5) is 32.9. The zero-order valence-corrected chi connectivity index (χ0v) is 11.5. The predicted octanol–water partition coefficient (Wildman–Crippen LogP) is 0.894. The summed E-state index contributed by atoms with van der Waals surface area (Å²) in [7, 11) is 0. The Kier molecular flexibility index (Phi) is 7.34. The van der Waals surface area contributed by atoms with Crippen molar-refractivity contribution in [2.45, 2.75) is 19.4 Å². The molecule has 0 unspecified atom stereocenters. The number of carbonyl (C=O) groups excluding carboxylic acids is 2. The third-order valence-corrected chi connectivity index (χ3v) is 2.50. The van der Waals surface area contributed by atoms with E-state index in [4.69, 9.17) is 9.84 Å². The molecule has 7 nitrogen and oxygen atoms in total. The highest BCUT2D eigenvalue weighted by atomic mass is 16.5. The minimum atomic E-state index is -0.910. The fraction of sp³-hybridized carbons (Fsp3) is 0.357. The van der Waals surface area contributed by atoms with Crippen LogP contribution in [0, 0.1) is 0 Å². The van der Waals surface area contributed by atoms with Crippen LogP contribution in [0.1, 0.15) is 18.4 Å². The number of carbonyl (C=O) groups is 3. The molecule has 21 heavy (non-hydrogen) atoms. The Balaban J connectivity index is 2.09. The molecule has 3 N–H and O–H groups in total. The summed E-state index contributed by atoms with van der Waals surface area (Å²) in [5.41, 5.74) is 0.853. The van der Waals surface area contributed by atoms with Crippen LogP contribution in [0.2, 0.25) is 0 Å². The molecule has 0 bridgehead atoms. The Morgan fingerprint density at radius 1 is 1.10 bits per heavy atom. The number of rotatable bonds is 8. The first-order chi connectivity index (χ1) is 10.1. The van der Waals surface area contributed by atoms with Crippen molar-refractivity contribution in [3.05, 3.63) is 35.9 Å². The average molecular weight is 294 g/mol. The lowest BCUT2D eigenvalue weighted by Crippen LogP contribution is -2.37. The monoisotopic (exact) mass is 294 g/mol. The van der Waals surface area contributed by atoms with Gasteiger partial charge in [0.1, 0.15) is 6.61 Å². The minimum Gasteiger partial charge on any atom is -0.481 e. The number of nitrogens with one attached hydrogen (secondary N) is 2. The molecule has 114 valence electrons. The molecule has 0 heterocycles.